The van der Waals surface area contributed by atoms with Gasteiger partial charge in [-0.2, -0.15) is 4.36 Å². The lowest BCUT2D eigenvalue weighted by molar-refractivity contribution is 0.676. The van der Waals surface area contributed by atoms with Crippen LogP contribution in [0.2, 0.25) is 0 Å². The number of hydrogen-bond donors (Lipinski definition) is 0. The normalized spacial score (nSPS) is 16.6. The number of nitrogens with zero attached hydrogens (tertiary/aromatic N) is 2. The number of rotatable bonds is 4. The van der Waals surface area contributed by atoms with Gasteiger partial charge in [-0.3, -0.25) is 0 Å². The first-order valence-electron chi connectivity index (χ1n) is 11.5. The van der Waals surface area contributed by atoms with Crippen LogP contribution in [0.25, 0.3) is 22.3 Å². The van der Waals surface area contributed by atoms with Gasteiger partial charge in [0.05, 0.1) is 15.5 Å². The average molecular weight is 471 g/mol. The van der Waals surface area contributed by atoms with Gasteiger partial charge in [-0.1, -0.05) is 109 Å². The number of hydrogen-bond acceptors (Lipinski definition) is 3. The molecule has 4 heteroatoms. The summed E-state index contributed by atoms with van der Waals surface area (Å²) >= 11 is 0. The summed E-state index contributed by atoms with van der Waals surface area (Å²) in [5.41, 5.74) is 6.00. The molecule has 0 amide bonds. The zero-order chi connectivity index (χ0) is 23.7. The van der Waals surface area contributed by atoms with Crippen LogP contribution < -0.4 is 0 Å². The Bertz CT molecular complexity index is 1650. The molecule has 1 aliphatic rings. The van der Waals surface area contributed by atoms with E-state index in [1.807, 2.05) is 97.1 Å². The Hall–Kier alpha value is -4.28. The van der Waals surface area contributed by atoms with Crippen LogP contribution in [0.5, 0.6) is 0 Å². The molecule has 0 saturated heterocycles. The fourth-order valence-corrected chi connectivity index (χ4v) is 6.30. The molecule has 0 spiro atoms. The van der Waals surface area contributed by atoms with Gasteiger partial charge in [0, 0.05) is 5.56 Å². The average Bonchev–Trinajstić information content (AvgIpc) is 2.94. The molecule has 5 aromatic rings. The highest BCUT2D eigenvalue weighted by molar-refractivity contribution is 7.94. The SMILES string of the molecule is O=S1(c2ccc(-c3ccccc3)cc2)=NC(c2ccc(-c3ccccc3)cc2)=Nc2ccccc21. The number of aliphatic imine (C=N–C) groups is 1. The molecule has 5 aromatic carbocycles. The second kappa shape index (κ2) is 8.82. The van der Waals surface area contributed by atoms with Crippen molar-refractivity contribution >= 4 is 21.3 Å². The van der Waals surface area contributed by atoms with Gasteiger partial charge in [-0.25, -0.2) is 9.20 Å². The highest BCUT2D eigenvalue weighted by atomic mass is 32.2. The quantitative estimate of drug-likeness (QED) is 0.262. The van der Waals surface area contributed by atoms with E-state index in [1.165, 1.54) is 0 Å². The number of para-hydroxylation sites is 1. The maximum absolute atomic E-state index is 14.5. The molecule has 3 nitrogen and oxygen atoms in total. The van der Waals surface area contributed by atoms with Crippen LogP contribution in [0, 0.1) is 0 Å². The van der Waals surface area contributed by atoms with Crippen molar-refractivity contribution < 1.29 is 4.21 Å². The Morgan fingerprint density at radius 1 is 0.457 bits per heavy atom. The van der Waals surface area contributed by atoms with Crippen molar-refractivity contribution in [3.8, 4) is 22.3 Å². The third-order valence-electron chi connectivity index (χ3n) is 6.14. The summed E-state index contributed by atoms with van der Waals surface area (Å²) in [6.07, 6.45) is 0. The summed E-state index contributed by atoms with van der Waals surface area (Å²) in [5.74, 6) is 0.487. The van der Waals surface area contributed by atoms with Crippen LogP contribution in [0.1, 0.15) is 5.56 Å². The molecule has 0 N–H and O–H groups in total. The molecule has 168 valence electrons. The minimum atomic E-state index is -2.89. The Labute approximate surface area is 205 Å². The molecule has 0 fully saturated rings. The summed E-state index contributed by atoms with van der Waals surface area (Å²) in [6.45, 7) is 0. The zero-order valence-corrected chi connectivity index (χ0v) is 19.7. The smallest absolute Gasteiger partial charge is 0.170 e. The minimum absolute atomic E-state index is 0.487. The second-order valence-electron chi connectivity index (χ2n) is 8.35. The lowest BCUT2D eigenvalue weighted by atomic mass is 10.0. The van der Waals surface area contributed by atoms with Crippen LogP contribution in [0.15, 0.2) is 153 Å². The van der Waals surface area contributed by atoms with Gasteiger partial charge >= 0.3 is 0 Å². The number of amidine groups is 1. The predicted octanol–water partition coefficient (Wildman–Crippen LogP) is 8.00. The Morgan fingerprint density at radius 2 is 0.914 bits per heavy atom. The van der Waals surface area contributed by atoms with Crippen LogP contribution in [0.4, 0.5) is 5.69 Å². The van der Waals surface area contributed by atoms with Gasteiger partial charge in [0.1, 0.15) is 9.73 Å². The van der Waals surface area contributed by atoms with Crippen molar-refractivity contribution in [3.05, 3.63) is 139 Å². The van der Waals surface area contributed by atoms with E-state index in [0.29, 0.717) is 21.3 Å². The third-order valence-corrected chi connectivity index (χ3v) is 8.42. The summed E-state index contributed by atoms with van der Waals surface area (Å²) in [6, 6.07) is 43.9. The van der Waals surface area contributed by atoms with Crippen molar-refractivity contribution in [1.82, 2.24) is 0 Å². The molecule has 0 aliphatic carbocycles. The van der Waals surface area contributed by atoms with E-state index in [0.717, 1.165) is 27.8 Å². The number of benzene rings is 5. The lowest BCUT2D eigenvalue weighted by Gasteiger charge is -2.19. The van der Waals surface area contributed by atoms with Gasteiger partial charge in [0.25, 0.3) is 0 Å². The molecule has 0 radical (unpaired) electrons. The highest BCUT2D eigenvalue weighted by Gasteiger charge is 2.25. The van der Waals surface area contributed by atoms with Gasteiger partial charge in [-0.05, 0) is 46.5 Å². The fourth-order valence-electron chi connectivity index (χ4n) is 4.29. The van der Waals surface area contributed by atoms with Gasteiger partial charge in [0.15, 0.2) is 5.84 Å². The molecule has 1 unspecified atom stereocenters. The van der Waals surface area contributed by atoms with Gasteiger partial charge < -0.3 is 0 Å². The van der Waals surface area contributed by atoms with Crippen molar-refractivity contribution in [2.24, 2.45) is 9.36 Å². The van der Waals surface area contributed by atoms with E-state index >= 15 is 0 Å². The largest absolute Gasteiger partial charge is 0.239 e. The first kappa shape index (κ1) is 21.3. The Balaban J connectivity index is 1.43. The first-order valence-corrected chi connectivity index (χ1v) is 13.0. The van der Waals surface area contributed by atoms with Crippen molar-refractivity contribution in [3.63, 3.8) is 0 Å². The molecule has 1 atom stereocenters. The van der Waals surface area contributed by atoms with E-state index in [1.54, 1.807) is 0 Å². The fraction of sp³-hybridized carbons (Fsp3) is 0. The van der Waals surface area contributed by atoms with E-state index in [-0.39, 0.29) is 0 Å². The summed E-state index contributed by atoms with van der Waals surface area (Å²) < 4.78 is 19.3. The molecule has 35 heavy (non-hydrogen) atoms. The monoisotopic (exact) mass is 470 g/mol. The van der Waals surface area contributed by atoms with E-state index in [4.69, 9.17) is 9.36 Å². The molecule has 1 aliphatic heterocycles. The molecule has 6 rings (SSSR count). The topological polar surface area (TPSA) is 41.8 Å². The van der Waals surface area contributed by atoms with Crippen LogP contribution in [-0.4, -0.2) is 10.0 Å². The molecular weight excluding hydrogens is 448 g/mol. The molecule has 1 heterocycles. The standard InChI is InChI=1S/C31H22N2OS/c34-35(28-21-19-26(20-22-28)24-11-5-2-6-12-24)30-14-8-7-13-29(30)32-31(33-35)27-17-15-25(16-18-27)23-9-3-1-4-10-23/h1-22H. The van der Waals surface area contributed by atoms with E-state index < -0.39 is 9.73 Å². The summed E-state index contributed by atoms with van der Waals surface area (Å²) in [4.78, 5) is 6.10. The molecule has 0 saturated carbocycles. The first-order chi connectivity index (χ1) is 17.2. The lowest BCUT2D eigenvalue weighted by Crippen LogP contribution is -2.11. The number of fused-ring (bicyclic) bond motifs is 1. The van der Waals surface area contributed by atoms with E-state index in [9.17, 15) is 4.21 Å². The molecule has 0 aromatic heterocycles. The van der Waals surface area contributed by atoms with Crippen LogP contribution in [0.3, 0.4) is 0 Å². The van der Waals surface area contributed by atoms with Crippen LogP contribution >= 0.6 is 0 Å². The predicted molar refractivity (Wildman–Crippen MR) is 143 cm³/mol. The Morgan fingerprint density at radius 3 is 1.51 bits per heavy atom. The molecule has 0 bridgehead atoms. The maximum Gasteiger partial charge on any atom is 0.170 e. The highest BCUT2D eigenvalue weighted by Crippen LogP contribution is 2.37. The Kier molecular flexibility index (Phi) is 5.36. The van der Waals surface area contributed by atoms with Crippen LogP contribution in [-0.2, 0) is 9.73 Å². The van der Waals surface area contributed by atoms with Crippen molar-refractivity contribution in [2.45, 2.75) is 9.79 Å². The molecular formula is C31H22N2OS. The zero-order valence-electron chi connectivity index (χ0n) is 18.9. The van der Waals surface area contributed by atoms with Crippen molar-refractivity contribution in [2.75, 3.05) is 0 Å². The summed E-state index contributed by atoms with van der Waals surface area (Å²) in [7, 11) is -2.89. The van der Waals surface area contributed by atoms with E-state index in [2.05, 4.69) is 36.4 Å². The second-order valence-corrected chi connectivity index (χ2v) is 10.5. The van der Waals surface area contributed by atoms with Gasteiger partial charge in [0.2, 0.25) is 0 Å². The van der Waals surface area contributed by atoms with Gasteiger partial charge in [-0.15, -0.1) is 0 Å². The summed E-state index contributed by atoms with van der Waals surface area (Å²) in [5, 5.41) is 0. The third kappa shape index (κ3) is 3.98. The maximum atomic E-state index is 14.5. The minimum Gasteiger partial charge on any atom is -0.239 e. The van der Waals surface area contributed by atoms with Crippen molar-refractivity contribution in [1.29, 1.82) is 0 Å².